The minimum absolute atomic E-state index is 0.0284. The highest BCUT2D eigenvalue weighted by atomic mass is 32.2. The van der Waals surface area contributed by atoms with E-state index in [1.54, 1.807) is 6.92 Å². The maximum absolute atomic E-state index is 13.3. The summed E-state index contributed by atoms with van der Waals surface area (Å²) in [5, 5.41) is 0. The van der Waals surface area contributed by atoms with Gasteiger partial charge in [0.05, 0.1) is 13.7 Å². The molecular formula is C13H20FNO5S. The van der Waals surface area contributed by atoms with Gasteiger partial charge in [-0.25, -0.2) is 17.5 Å². The maximum atomic E-state index is 13.3. The first-order valence-electron chi connectivity index (χ1n) is 6.15. The first-order chi connectivity index (χ1) is 9.78. The monoisotopic (exact) mass is 321 g/mol. The van der Waals surface area contributed by atoms with E-state index in [0.717, 1.165) is 12.1 Å². The summed E-state index contributed by atoms with van der Waals surface area (Å²) in [6, 6.07) is 3.29. The van der Waals surface area contributed by atoms with E-state index < -0.39 is 21.4 Å². The normalized spacial score (nSPS) is 14.7. The second kappa shape index (κ2) is 7.17. The Morgan fingerprint density at radius 3 is 2.48 bits per heavy atom. The van der Waals surface area contributed by atoms with Crippen LogP contribution in [0.2, 0.25) is 0 Å². The highest BCUT2D eigenvalue weighted by molar-refractivity contribution is 7.89. The van der Waals surface area contributed by atoms with Crippen LogP contribution in [0.15, 0.2) is 23.1 Å². The topological polar surface area (TPSA) is 73.9 Å². The van der Waals surface area contributed by atoms with Crippen molar-refractivity contribution in [2.75, 3.05) is 34.5 Å². The summed E-state index contributed by atoms with van der Waals surface area (Å²) < 4.78 is 55.4. The van der Waals surface area contributed by atoms with Crippen molar-refractivity contribution in [1.82, 2.24) is 4.72 Å². The van der Waals surface area contributed by atoms with E-state index in [0.29, 0.717) is 0 Å². The number of methoxy groups -OCH3 is 3. The van der Waals surface area contributed by atoms with Crippen LogP contribution in [0.1, 0.15) is 6.92 Å². The first kappa shape index (κ1) is 17.8. The van der Waals surface area contributed by atoms with Crippen molar-refractivity contribution in [3.63, 3.8) is 0 Å². The summed E-state index contributed by atoms with van der Waals surface area (Å²) in [5.74, 6) is -0.600. The molecule has 0 aliphatic carbocycles. The van der Waals surface area contributed by atoms with Crippen LogP contribution < -0.4 is 9.46 Å². The average molecular weight is 321 g/mol. The zero-order valence-electron chi connectivity index (χ0n) is 12.5. The Morgan fingerprint density at radius 1 is 1.29 bits per heavy atom. The second-order valence-corrected chi connectivity index (χ2v) is 6.44. The van der Waals surface area contributed by atoms with Crippen molar-refractivity contribution >= 4 is 10.0 Å². The van der Waals surface area contributed by atoms with Gasteiger partial charge in [0, 0.05) is 20.8 Å². The van der Waals surface area contributed by atoms with Gasteiger partial charge in [-0.3, -0.25) is 0 Å². The Labute approximate surface area is 124 Å². The summed E-state index contributed by atoms with van der Waals surface area (Å²) in [7, 11) is 0.320. The average Bonchev–Trinajstić information content (AvgIpc) is 2.45. The highest BCUT2D eigenvalue weighted by Gasteiger charge is 2.28. The predicted molar refractivity (Wildman–Crippen MR) is 75.4 cm³/mol. The molecule has 0 heterocycles. The lowest BCUT2D eigenvalue weighted by Crippen LogP contribution is -2.45. The fourth-order valence-corrected chi connectivity index (χ4v) is 3.01. The molecule has 1 rings (SSSR count). The number of sulfonamides is 1. The molecule has 0 radical (unpaired) electrons. The molecule has 0 bridgehead atoms. The van der Waals surface area contributed by atoms with Crippen LogP contribution in [0.3, 0.4) is 0 Å². The van der Waals surface area contributed by atoms with Crippen molar-refractivity contribution in [2.45, 2.75) is 17.4 Å². The smallest absolute Gasteiger partial charge is 0.244 e. The SMILES string of the molecule is COCC(C)(CNS(=O)(=O)c1cc(F)ccc1OC)OC. The van der Waals surface area contributed by atoms with E-state index in [1.165, 1.54) is 27.4 Å². The molecular weight excluding hydrogens is 301 g/mol. The number of halogens is 1. The van der Waals surface area contributed by atoms with E-state index in [2.05, 4.69) is 4.72 Å². The lowest BCUT2D eigenvalue weighted by molar-refractivity contribution is -0.0460. The molecule has 1 unspecified atom stereocenters. The van der Waals surface area contributed by atoms with Gasteiger partial charge in [0.15, 0.2) is 0 Å². The van der Waals surface area contributed by atoms with E-state index >= 15 is 0 Å². The Morgan fingerprint density at radius 2 is 1.95 bits per heavy atom. The van der Waals surface area contributed by atoms with Crippen molar-refractivity contribution in [2.24, 2.45) is 0 Å². The van der Waals surface area contributed by atoms with Crippen molar-refractivity contribution < 1.29 is 27.0 Å². The summed E-state index contributed by atoms with van der Waals surface area (Å²) in [5.41, 5.74) is -0.831. The minimum Gasteiger partial charge on any atom is -0.495 e. The predicted octanol–water partition coefficient (Wildman–Crippen LogP) is 1.16. The van der Waals surface area contributed by atoms with Gasteiger partial charge in [-0.1, -0.05) is 0 Å². The molecule has 1 N–H and O–H groups in total. The maximum Gasteiger partial charge on any atom is 0.244 e. The molecule has 1 atom stereocenters. The Hall–Kier alpha value is -1.22. The zero-order chi connectivity index (χ0) is 16.1. The summed E-state index contributed by atoms with van der Waals surface area (Å²) in [6.07, 6.45) is 0. The molecule has 0 spiro atoms. The lowest BCUT2D eigenvalue weighted by Gasteiger charge is -2.27. The Kier molecular flexibility index (Phi) is 6.09. The second-order valence-electron chi connectivity index (χ2n) is 4.71. The Balaban J connectivity index is 2.99. The van der Waals surface area contributed by atoms with Gasteiger partial charge in [-0.05, 0) is 25.1 Å². The van der Waals surface area contributed by atoms with Gasteiger partial charge in [-0.15, -0.1) is 0 Å². The van der Waals surface area contributed by atoms with Crippen molar-refractivity contribution in [3.05, 3.63) is 24.0 Å². The largest absolute Gasteiger partial charge is 0.495 e. The third kappa shape index (κ3) is 4.63. The minimum atomic E-state index is -3.94. The van der Waals surface area contributed by atoms with Gasteiger partial charge in [0.1, 0.15) is 22.1 Å². The molecule has 6 nitrogen and oxygen atoms in total. The van der Waals surface area contributed by atoms with Crippen LogP contribution in [-0.2, 0) is 19.5 Å². The van der Waals surface area contributed by atoms with Gasteiger partial charge >= 0.3 is 0 Å². The third-order valence-electron chi connectivity index (χ3n) is 2.99. The summed E-state index contributed by atoms with van der Waals surface area (Å²) in [6.45, 7) is 1.87. The molecule has 8 heteroatoms. The van der Waals surface area contributed by atoms with E-state index in [-0.39, 0.29) is 23.8 Å². The molecule has 0 aromatic heterocycles. The number of rotatable bonds is 8. The molecule has 0 aliphatic heterocycles. The van der Waals surface area contributed by atoms with Gasteiger partial charge in [-0.2, -0.15) is 0 Å². The molecule has 21 heavy (non-hydrogen) atoms. The van der Waals surface area contributed by atoms with E-state index in [4.69, 9.17) is 14.2 Å². The van der Waals surface area contributed by atoms with Crippen LogP contribution in [0.5, 0.6) is 5.75 Å². The number of hydrogen-bond donors (Lipinski definition) is 1. The zero-order valence-corrected chi connectivity index (χ0v) is 13.3. The number of ether oxygens (including phenoxy) is 3. The molecule has 0 saturated heterocycles. The van der Waals surface area contributed by atoms with Crippen LogP contribution in [0.25, 0.3) is 0 Å². The molecule has 1 aromatic rings. The van der Waals surface area contributed by atoms with Crippen LogP contribution in [0, 0.1) is 5.82 Å². The molecule has 0 aliphatic rings. The fraction of sp³-hybridized carbons (Fsp3) is 0.538. The van der Waals surface area contributed by atoms with E-state index in [9.17, 15) is 12.8 Å². The quantitative estimate of drug-likeness (QED) is 0.778. The summed E-state index contributed by atoms with van der Waals surface area (Å²) >= 11 is 0. The number of benzene rings is 1. The van der Waals surface area contributed by atoms with Gasteiger partial charge < -0.3 is 14.2 Å². The van der Waals surface area contributed by atoms with Crippen LogP contribution >= 0.6 is 0 Å². The van der Waals surface area contributed by atoms with Gasteiger partial charge in [0.25, 0.3) is 0 Å². The standard InChI is InChI=1S/C13H20FNO5S/c1-13(20-4,9-18-2)8-15-21(16,17)12-7-10(14)5-6-11(12)19-3/h5-7,15H,8-9H2,1-4H3. The van der Waals surface area contributed by atoms with Crippen molar-refractivity contribution in [3.8, 4) is 5.75 Å². The summed E-state index contributed by atoms with van der Waals surface area (Å²) in [4.78, 5) is -0.263. The van der Waals surface area contributed by atoms with Crippen LogP contribution in [-0.4, -0.2) is 48.5 Å². The Bertz CT molecular complexity index is 578. The molecule has 1 aromatic carbocycles. The number of nitrogens with one attached hydrogen (secondary N) is 1. The lowest BCUT2D eigenvalue weighted by atomic mass is 10.1. The van der Waals surface area contributed by atoms with Crippen LogP contribution in [0.4, 0.5) is 4.39 Å². The highest BCUT2D eigenvalue weighted by Crippen LogP contribution is 2.24. The number of hydrogen-bond acceptors (Lipinski definition) is 5. The molecule has 0 saturated carbocycles. The molecule has 120 valence electrons. The first-order valence-corrected chi connectivity index (χ1v) is 7.63. The third-order valence-corrected chi connectivity index (χ3v) is 4.42. The van der Waals surface area contributed by atoms with Crippen molar-refractivity contribution in [1.29, 1.82) is 0 Å². The fourth-order valence-electron chi connectivity index (χ4n) is 1.67. The molecule has 0 amide bonds. The van der Waals surface area contributed by atoms with E-state index in [1.807, 2.05) is 0 Å². The van der Waals surface area contributed by atoms with Gasteiger partial charge in [0.2, 0.25) is 10.0 Å². The molecule has 0 fully saturated rings.